The Labute approximate surface area is 132 Å². The molecule has 0 aromatic rings. The van der Waals surface area contributed by atoms with Crippen LogP contribution in [0, 0.1) is 5.92 Å². The first-order chi connectivity index (χ1) is 9.74. The molecule has 0 bridgehead atoms. The van der Waals surface area contributed by atoms with Gasteiger partial charge in [0.05, 0.1) is 11.2 Å². The highest BCUT2D eigenvalue weighted by Gasteiger charge is 2.53. The van der Waals surface area contributed by atoms with E-state index in [1.807, 2.05) is 0 Å². The topological polar surface area (TPSA) is 24.5 Å². The second-order valence-electron chi connectivity index (χ2n) is 7.82. The molecule has 1 rings (SSSR count). The van der Waals surface area contributed by atoms with Crippen molar-refractivity contribution in [3.05, 3.63) is 0 Å². The lowest BCUT2D eigenvalue weighted by Gasteiger charge is -2.33. The summed E-state index contributed by atoms with van der Waals surface area (Å²) >= 11 is 0. The van der Waals surface area contributed by atoms with Gasteiger partial charge in [0, 0.05) is 18.5 Å². The van der Waals surface area contributed by atoms with Gasteiger partial charge in [-0.25, -0.2) is 0 Å². The van der Waals surface area contributed by atoms with E-state index in [1.54, 1.807) is 0 Å². The van der Waals surface area contributed by atoms with Crippen molar-refractivity contribution in [2.24, 2.45) is 5.92 Å². The van der Waals surface area contributed by atoms with Crippen LogP contribution < -0.4 is 5.32 Å². The van der Waals surface area contributed by atoms with Crippen LogP contribution in [0.5, 0.6) is 0 Å². The standard InChI is InChI=1S/C18H38N2O/c1-8-10-11-13-20(7)14-15-16(19-12-9-2)18(5,6)21-17(15,3)4/h15-16,19H,8-14H2,1-7H3. The molecule has 2 unspecified atom stereocenters. The monoisotopic (exact) mass is 298 g/mol. The lowest BCUT2D eigenvalue weighted by atomic mass is 9.82. The molecular weight excluding hydrogens is 260 g/mol. The van der Waals surface area contributed by atoms with Gasteiger partial charge in [-0.05, 0) is 60.7 Å². The van der Waals surface area contributed by atoms with Crippen LogP contribution in [0.15, 0.2) is 0 Å². The number of nitrogens with zero attached hydrogens (tertiary/aromatic N) is 1. The van der Waals surface area contributed by atoms with Gasteiger partial charge in [0.2, 0.25) is 0 Å². The minimum Gasteiger partial charge on any atom is -0.368 e. The molecule has 0 radical (unpaired) electrons. The molecule has 21 heavy (non-hydrogen) atoms. The molecule has 1 heterocycles. The van der Waals surface area contributed by atoms with E-state index < -0.39 is 0 Å². The van der Waals surface area contributed by atoms with Gasteiger partial charge < -0.3 is 15.0 Å². The van der Waals surface area contributed by atoms with E-state index in [9.17, 15) is 0 Å². The van der Waals surface area contributed by atoms with Gasteiger partial charge in [-0.2, -0.15) is 0 Å². The van der Waals surface area contributed by atoms with E-state index >= 15 is 0 Å². The van der Waals surface area contributed by atoms with E-state index in [1.165, 1.54) is 32.2 Å². The van der Waals surface area contributed by atoms with Crippen LogP contribution in [-0.2, 0) is 4.74 Å². The van der Waals surface area contributed by atoms with Gasteiger partial charge in [-0.1, -0.05) is 26.7 Å². The summed E-state index contributed by atoms with van der Waals surface area (Å²) in [6, 6.07) is 0.432. The zero-order valence-electron chi connectivity index (χ0n) is 15.5. The van der Waals surface area contributed by atoms with Crippen LogP contribution in [0.3, 0.4) is 0 Å². The fourth-order valence-electron chi connectivity index (χ4n) is 3.77. The third-order valence-corrected chi connectivity index (χ3v) is 4.84. The number of hydrogen-bond donors (Lipinski definition) is 1. The first kappa shape index (κ1) is 18.9. The average molecular weight is 299 g/mol. The normalized spacial score (nSPS) is 27.4. The van der Waals surface area contributed by atoms with Gasteiger partial charge in [-0.15, -0.1) is 0 Å². The van der Waals surface area contributed by atoms with Crippen molar-refractivity contribution in [1.82, 2.24) is 10.2 Å². The maximum absolute atomic E-state index is 6.40. The SMILES string of the molecule is CCCCCN(C)CC1C(NCCC)C(C)(C)OC1(C)C. The third kappa shape index (κ3) is 5.22. The summed E-state index contributed by atoms with van der Waals surface area (Å²) in [5.74, 6) is 0.533. The van der Waals surface area contributed by atoms with E-state index in [0.29, 0.717) is 12.0 Å². The van der Waals surface area contributed by atoms with Gasteiger partial charge >= 0.3 is 0 Å². The van der Waals surface area contributed by atoms with Crippen molar-refractivity contribution in [3.8, 4) is 0 Å². The number of hydrogen-bond acceptors (Lipinski definition) is 3. The highest BCUT2D eigenvalue weighted by atomic mass is 16.5. The highest BCUT2D eigenvalue weighted by molar-refractivity contribution is 5.06. The van der Waals surface area contributed by atoms with Crippen LogP contribution in [0.1, 0.15) is 67.2 Å². The second kappa shape index (κ2) is 7.94. The molecule has 3 heteroatoms. The Balaban J connectivity index is 2.69. The molecule has 1 aliphatic rings. The van der Waals surface area contributed by atoms with Crippen LogP contribution >= 0.6 is 0 Å². The number of rotatable bonds is 9. The molecule has 126 valence electrons. The Kier molecular flexibility index (Phi) is 7.15. The molecule has 1 N–H and O–H groups in total. The molecule has 0 amide bonds. The maximum atomic E-state index is 6.40. The van der Waals surface area contributed by atoms with Gasteiger partial charge in [0.15, 0.2) is 0 Å². The first-order valence-electron chi connectivity index (χ1n) is 8.86. The van der Waals surface area contributed by atoms with Crippen LogP contribution in [0.4, 0.5) is 0 Å². The summed E-state index contributed by atoms with van der Waals surface area (Å²) < 4.78 is 6.40. The lowest BCUT2D eigenvalue weighted by Crippen LogP contribution is -2.50. The van der Waals surface area contributed by atoms with Crippen molar-refractivity contribution in [2.45, 2.75) is 84.5 Å². The number of ether oxygens (including phenoxy) is 1. The van der Waals surface area contributed by atoms with Gasteiger partial charge in [0.25, 0.3) is 0 Å². The Bertz CT molecular complexity index is 302. The number of nitrogens with one attached hydrogen (secondary N) is 1. The van der Waals surface area contributed by atoms with Crippen LogP contribution in [0.2, 0.25) is 0 Å². The van der Waals surface area contributed by atoms with E-state index in [-0.39, 0.29) is 11.2 Å². The van der Waals surface area contributed by atoms with E-state index in [4.69, 9.17) is 4.74 Å². The molecule has 0 aromatic heterocycles. The van der Waals surface area contributed by atoms with Crippen molar-refractivity contribution >= 4 is 0 Å². The molecular formula is C18H38N2O. The molecule has 0 aliphatic carbocycles. The molecule has 0 saturated carbocycles. The van der Waals surface area contributed by atoms with Crippen molar-refractivity contribution in [1.29, 1.82) is 0 Å². The summed E-state index contributed by atoms with van der Waals surface area (Å²) in [7, 11) is 2.26. The molecule has 3 nitrogen and oxygen atoms in total. The Morgan fingerprint density at radius 1 is 1.00 bits per heavy atom. The van der Waals surface area contributed by atoms with Crippen LogP contribution in [0.25, 0.3) is 0 Å². The summed E-state index contributed by atoms with van der Waals surface area (Å²) in [4.78, 5) is 2.49. The van der Waals surface area contributed by atoms with Gasteiger partial charge in [0.1, 0.15) is 0 Å². The fraction of sp³-hybridized carbons (Fsp3) is 1.00. The minimum atomic E-state index is -0.0897. The van der Waals surface area contributed by atoms with E-state index in [2.05, 4.69) is 58.8 Å². The van der Waals surface area contributed by atoms with E-state index in [0.717, 1.165) is 13.1 Å². The molecule has 1 fully saturated rings. The highest BCUT2D eigenvalue weighted by Crippen LogP contribution is 2.42. The first-order valence-corrected chi connectivity index (χ1v) is 8.86. The molecule has 2 atom stereocenters. The zero-order chi connectivity index (χ0) is 16.1. The smallest absolute Gasteiger partial charge is 0.0790 e. The Morgan fingerprint density at radius 3 is 2.24 bits per heavy atom. The third-order valence-electron chi connectivity index (χ3n) is 4.84. The summed E-state index contributed by atoms with van der Waals surface area (Å²) in [5, 5.41) is 3.75. The summed E-state index contributed by atoms with van der Waals surface area (Å²) in [6.07, 6.45) is 5.10. The second-order valence-corrected chi connectivity index (χ2v) is 7.82. The minimum absolute atomic E-state index is 0.0616. The molecule has 0 aromatic carbocycles. The lowest BCUT2D eigenvalue weighted by molar-refractivity contribution is -0.0792. The summed E-state index contributed by atoms with van der Waals surface area (Å²) in [6.45, 7) is 16.9. The summed E-state index contributed by atoms with van der Waals surface area (Å²) in [5.41, 5.74) is -0.151. The van der Waals surface area contributed by atoms with Crippen molar-refractivity contribution in [3.63, 3.8) is 0 Å². The predicted molar refractivity (Wildman–Crippen MR) is 91.8 cm³/mol. The number of unbranched alkanes of at least 4 members (excludes halogenated alkanes) is 2. The Morgan fingerprint density at radius 2 is 1.67 bits per heavy atom. The molecule has 1 saturated heterocycles. The fourth-order valence-corrected chi connectivity index (χ4v) is 3.77. The van der Waals surface area contributed by atoms with Crippen molar-refractivity contribution < 1.29 is 4.74 Å². The molecule has 0 spiro atoms. The average Bonchev–Trinajstić information content (AvgIpc) is 2.53. The van der Waals surface area contributed by atoms with Crippen molar-refractivity contribution in [2.75, 3.05) is 26.7 Å². The quantitative estimate of drug-likeness (QED) is 0.657. The largest absolute Gasteiger partial charge is 0.368 e. The molecule has 1 aliphatic heterocycles. The zero-order valence-corrected chi connectivity index (χ0v) is 15.5. The Hall–Kier alpha value is -0.120. The van der Waals surface area contributed by atoms with Crippen LogP contribution in [-0.4, -0.2) is 48.8 Å². The van der Waals surface area contributed by atoms with Gasteiger partial charge in [-0.3, -0.25) is 0 Å². The predicted octanol–water partition coefficient (Wildman–Crippen LogP) is 3.68. The maximum Gasteiger partial charge on any atom is 0.0790 e.